The lowest BCUT2D eigenvalue weighted by atomic mass is 10.3. The lowest BCUT2D eigenvalue weighted by molar-refractivity contribution is 0.0941. The minimum Gasteiger partial charge on any atom is -0.365 e. The molecule has 20 heavy (non-hydrogen) atoms. The molecule has 0 aliphatic heterocycles. The zero-order chi connectivity index (χ0) is 13.9. The SMILES string of the molecule is CNc1nc(CNC(=O)c2nc3ccccc3[nH]2)cs1. The normalized spacial score (nSPS) is 10.7. The highest BCUT2D eigenvalue weighted by Crippen LogP contribution is 2.14. The first-order valence-corrected chi connectivity index (χ1v) is 6.99. The Morgan fingerprint density at radius 2 is 2.20 bits per heavy atom. The molecule has 0 spiro atoms. The van der Waals surface area contributed by atoms with Crippen molar-refractivity contribution in [2.24, 2.45) is 0 Å². The molecule has 0 aliphatic rings. The number of hydrogen-bond donors (Lipinski definition) is 3. The molecule has 102 valence electrons. The molecule has 7 heteroatoms. The van der Waals surface area contributed by atoms with Gasteiger partial charge in [-0.25, -0.2) is 9.97 Å². The van der Waals surface area contributed by atoms with Crippen LogP contribution in [0.5, 0.6) is 0 Å². The molecule has 1 amide bonds. The Hall–Kier alpha value is -2.41. The van der Waals surface area contributed by atoms with Crippen molar-refractivity contribution in [1.82, 2.24) is 20.3 Å². The molecule has 0 aliphatic carbocycles. The zero-order valence-electron chi connectivity index (χ0n) is 10.8. The number of imidazole rings is 1. The summed E-state index contributed by atoms with van der Waals surface area (Å²) in [5.41, 5.74) is 2.45. The molecular formula is C13H13N5OS. The second-order valence-corrected chi connectivity index (χ2v) is 5.04. The van der Waals surface area contributed by atoms with E-state index in [-0.39, 0.29) is 5.91 Å². The smallest absolute Gasteiger partial charge is 0.287 e. The predicted octanol–water partition coefficient (Wildman–Crippen LogP) is 1.99. The van der Waals surface area contributed by atoms with E-state index in [4.69, 9.17) is 0 Å². The van der Waals surface area contributed by atoms with Crippen molar-refractivity contribution in [2.45, 2.75) is 6.54 Å². The van der Waals surface area contributed by atoms with Gasteiger partial charge in [-0.05, 0) is 12.1 Å². The van der Waals surface area contributed by atoms with Crippen LogP contribution in [0.1, 0.15) is 16.3 Å². The van der Waals surface area contributed by atoms with Gasteiger partial charge < -0.3 is 15.6 Å². The number of nitrogens with one attached hydrogen (secondary N) is 3. The highest BCUT2D eigenvalue weighted by atomic mass is 32.1. The van der Waals surface area contributed by atoms with Crippen molar-refractivity contribution in [3.63, 3.8) is 0 Å². The number of rotatable bonds is 4. The second kappa shape index (κ2) is 5.30. The lowest BCUT2D eigenvalue weighted by Gasteiger charge is -1.99. The maximum atomic E-state index is 12.0. The fourth-order valence-corrected chi connectivity index (χ4v) is 2.49. The van der Waals surface area contributed by atoms with Gasteiger partial charge in [0.1, 0.15) is 0 Å². The molecule has 0 fully saturated rings. The van der Waals surface area contributed by atoms with Gasteiger partial charge in [0.2, 0.25) is 0 Å². The van der Waals surface area contributed by atoms with Gasteiger partial charge in [-0.3, -0.25) is 4.79 Å². The Labute approximate surface area is 119 Å². The third-order valence-electron chi connectivity index (χ3n) is 2.80. The van der Waals surface area contributed by atoms with Crippen molar-refractivity contribution in [2.75, 3.05) is 12.4 Å². The first-order chi connectivity index (χ1) is 9.76. The quantitative estimate of drug-likeness (QED) is 0.685. The van der Waals surface area contributed by atoms with Crippen LogP contribution in [0.3, 0.4) is 0 Å². The van der Waals surface area contributed by atoms with Crippen LogP contribution in [0.4, 0.5) is 5.13 Å². The van der Waals surface area contributed by atoms with Crippen LogP contribution in [-0.4, -0.2) is 27.9 Å². The molecule has 0 unspecified atom stereocenters. The van der Waals surface area contributed by atoms with Crippen LogP contribution in [0.15, 0.2) is 29.6 Å². The topological polar surface area (TPSA) is 82.7 Å². The summed E-state index contributed by atoms with van der Waals surface area (Å²) >= 11 is 1.50. The number of aromatic amines is 1. The number of amides is 1. The van der Waals surface area contributed by atoms with Gasteiger partial charge in [0.15, 0.2) is 11.0 Å². The summed E-state index contributed by atoms with van der Waals surface area (Å²) in [6, 6.07) is 7.54. The van der Waals surface area contributed by atoms with E-state index in [0.717, 1.165) is 21.9 Å². The molecule has 0 saturated heterocycles. The molecule has 3 rings (SSSR count). The summed E-state index contributed by atoms with van der Waals surface area (Å²) in [4.78, 5) is 23.6. The van der Waals surface area contributed by atoms with Crippen LogP contribution in [-0.2, 0) is 6.54 Å². The van der Waals surface area contributed by atoms with Gasteiger partial charge in [0.05, 0.1) is 23.3 Å². The number of fused-ring (bicyclic) bond motifs is 1. The number of nitrogens with zero attached hydrogens (tertiary/aromatic N) is 2. The van der Waals surface area contributed by atoms with Crippen LogP contribution >= 0.6 is 11.3 Å². The molecular weight excluding hydrogens is 274 g/mol. The van der Waals surface area contributed by atoms with Crippen molar-refractivity contribution in [1.29, 1.82) is 0 Å². The van der Waals surface area contributed by atoms with Crippen LogP contribution in [0.25, 0.3) is 11.0 Å². The number of thiazole rings is 1. The number of anilines is 1. The van der Waals surface area contributed by atoms with Gasteiger partial charge in [0.25, 0.3) is 5.91 Å². The number of aromatic nitrogens is 3. The van der Waals surface area contributed by atoms with E-state index in [1.54, 1.807) is 0 Å². The van der Waals surface area contributed by atoms with Crippen LogP contribution in [0, 0.1) is 0 Å². The van der Waals surface area contributed by atoms with Gasteiger partial charge >= 0.3 is 0 Å². The Morgan fingerprint density at radius 1 is 1.35 bits per heavy atom. The number of para-hydroxylation sites is 2. The summed E-state index contributed by atoms with van der Waals surface area (Å²) in [7, 11) is 1.82. The number of hydrogen-bond acceptors (Lipinski definition) is 5. The van der Waals surface area contributed by atoms with E-state index in [1.165, 1.54) is 11.3 Å². The van der Waals surface area contributed by atoms with Gasteiger partial charge in [0, 0.05) is 12.4 Å². The average molecular weight is 287 g/mol. The maximum absolute atomic E-state index is 12.0. The summed E-state index contributed by atoms with van der Waals surface area (Å²) in [6.45, 7) is 0.383. The fourth-order valence-electron chi connectivity index (χ4n) is 1.82. The number of benzene rings is 1. The minimum absolute atomic E-state index is 0.236. The molecule has 0 bridgehead atoms. The Bertz CT molecular complexity index is 715. The van der Waals surface area contributed by atoms with E-state index >= 15 is 0 Å². The Kier molecular flexibility index (Phi) is 3.34. The summed E-state index contributed by atoms with van der Waals surface area (Å²) in [5, 5.41) is 8.50. The molecule has 3 aromatic rings. The summed E-state index contributed by atoms with van der Waals surface area (Å²) in [5.74, 6) is 0.0791. The first-order valence-electron chi connectivity index (χ1n) is 6.11. The fraction of sp³-hybridized carbons (Fsp3) is 0.154. The highest BCUT2D eigenvalue weighted by Gasteiger charge is 2.11. The van der Waals surface area contributed by atoms with Crippen molar-refractivity contribution >= 4 is 33.4 Å². The molecule has 0 atom stereocenters. The third-order valence-corrected chi connectivity index (χ3v) is 3.71. The van der Waals surface area contributed by atoms with Crippen molar-refractivity contribution < 1.29 is 4.79 Å². The standard InChI is InChI=1S/C13H13N5OS/c1-14-13-16-8(7-20-13)6-15-12(19)11-17-9-4-2-3-5-10(9)18-11/h2-5,7H,6H2,1H3,(H,14,16)(H,15,19)(H,17,18). The zero-order valence-corrected chi connectivity index (χ0v) is 11.6. The maximum Gasteiger partial charge on any atom is 0.287 e. The van der Waals surface area contributed by atoms with E-state index in [0.29, 0.717) is 12.4 Å². The monoisotopic (exact) mass is 287 g/mol. The van der Waals surface area contributed by atoms with Gasteiger partial charge in [-0.1, -0.05) is 12.1 Å². The van der Waals surface area contributed by atoms with Gasteiger partial charge in [-0.15, -0.1) is 11.3 Å². The average Bonchev–Trinajstić information content (AvgIpc) is 3.10. The van der Waals surface area contributed by atoms with Crippen LogP contribution < -0.4 is 10.6 Å². The van der Waals surface area contributed by atoms with E-state index in [2.05, 4.69) is 25.6 Å². The number of carbonyl (C=O) groups is 1. The first kappa shape index (κ1) is 12.6. The molecule has 6 nitrogen and oxygen atoms in total. The molecule has 1 aromatic carbocycles. The minimum atomic E-state index is -0.236. The molecule has 2 heterocycles. The van der Waals surface area contributed by atoms with E-state index in [9.17, 15) is 4.79 Å². The number of carbonyl (C=O) groups excluding carboxylic acids is 1. The van der Waals surface area contributed by atoms with Crippen LogP contribution in [0.2, 0.25) is 0 Å². The third kappa shape index (κ3) is 2.48. The van der Waals surface area contributed by atoms with E-state index < -0.39 is 0 Å². The van der Waals surface area contributed by atoms with Crippen molar-refractivity contribution in [3.8, 4) is 0 Å². The second-order valence-electron chi connectivity index (χ2n) is 4.18. The summed E-state index contributed by atoms with van der Waals surface area (Å²) < 4.78 is 0. The molecule has 3 N–H and O–H groups in total. The summed E-state index contributed by atoms with van der Waals surface area (Å²) in [6.07, 6.45) is 0. The lowest BCUT2D eigenvalue weighted by Crippen LogP contribution is -2.24. The highest BCUT2D eigenvalue weighted by molar-refractivity contribution is 7.13. The Balaban J connectivity index is 1.69. The predicted molar refractivity (Wildman–Crippen MR) is 78.9 cm³/mol. The molecule has 0 radical (unpaired) electrons. The largest absolute Gasteiger partial charge is 0.365 e. The number of H-pyrrole nitrogens is 1. The molecule has 0 saturated carbocycles. The Morgan fingerprint density at radius 3 is 2.95 bits per heavy atom. The molecule has 2 aromatic heterocycles. The van der Waals surface area contributed by atoms with Gasteiger partial charge in [-0.2, -0.15) is 0 Å². The van der Waals surface area contributed by atoms with E-state index in [1.807, 2.05) is 36.7 Å². The van der Waals surface area contributed by atoms with Crippen molar-refractivity contribution in [3.05, 3.63) is 41.2 Å².